The SMILES string of the molecule is Cc1cc(C2(O)CSCCC2(C)C)cs1. The summed E-state index contributed by atoms with van der Waals surface area (Å²) >= 11 is 3.59. The molecule has 15 heavy (non-hydrogen) atoms. The van der Waals surface area contributed by atoms with Gasteiger partial charge < -0.3 is 5.11 Å². The molecular weight excluding hydrogens is 224 g/mol. The van der Waals surface area contributed by atoms with Crippen molar-refractivity contribution in [1.82, 2.24) is 0 Å². The maximum absolute atomic E-state index is 10.9. The molecule has 0 saturated carbocycles. The minimum Gasteiger partial charge on any atom is -0.384 e. The van der Waals surface area contributed by atoms with Crippen LogP contribution in [0.15, 0.2) is 11.4 Å². The van der Waals surface area contributed by atoms with E-state index < -0.39 is 5.60 Å². The summed E-state index contributed by atoms with van der Waals surface area (Å²) in [5, 5.41) is 13.0. The van der Waals surface area contributed by atoms with Crippen molar-refractivity contribution in [3.63, 3.8) is 0 Å². The van der Waals surface area contributed by atoms with Crippen LogP contribution >= 0.6 is 23.1 Å². The Morgan fingerprint density at radius 1 is 1.40 bits per heavy atom. The number of thioether (sulfide) groups is 1. The van der Waals surface area contributed by atoms with Gasteiger partial charge in [0.25, 0.3) is 0 Å². The van der Waals surface area contributed by atoms with Crippen LogP contribution in [0.5, 0.6) is 0 Å². The van der Waals surface area contributed by atoms with E-state index in [2.05, 4.69) is 32.2 Å². The zero-order valence-corrected chi connectivity index (χ0v) is 11.2. The zero-order valence-electron chi connectivity index (χ0n) is 9.54. The van der Waals surface area contributed by atoms with E-state index in [1.54, 1.807) is 11.3 Å². The van der Waals surface area contributed by atoms with E-state index in [-0.39, 0.29) is 5.41 Å². The monoisotopic (exact) mass is 242 g/mol. The summed E-state index contributed by atoms with van der Waals surface area (Å²) in [6, 6.07) is 2.14. The number of aliphatic hydroxyl groups is 1. The predicted octanol–water partition coefficient (Wildman–Crippen LogP) is 3.41. The Balaban J connectivity index is 2.39. The first-order chi connectivity index (χ1) is 6.96. The number of aryl methyl sites for hydroxylation is 1. The van der Waals surface area contributed by atoms with Crippen LogP contribution in [-0.4, -0.2) is 16.6 Å². The Bertz CT molecular complexity index is 356. The van der Waals surface area contributed by atoms with E-state index in [1.165, 1.54) is 10.6 Å². The Morgan fingerprint density at radius 2 is 2.13 bits per heavy atom. The number of thiophene rings is 1. The van der Waals surface area contributed by atoms with Gasteiger partial charge in [0.15, 0.2) is 0 Å². The van der Waals surface area contributed by atoms with Crippen molar-refractivity contribution >= 4 is 23.1 Å². The van der Waals surface area contributed by atoms with Crippen molar-refractivity contribution in [3.8, 4) is 0 Å². The predicted molar refractivity (Wildman–Crippen MR) is 68.7 cm³/mol. The van der Waals surface area contributed by atoms with Gasteiger partial charge in [-0.1, -0.05) is 13.8 Å². The summed E-state index contributed by atoms with van der Waals surface area (Å²) in [4.78, 5) is 1.28. The first kappa shape index (κ1) is 11.5. The van der Waals surface area contributed by atoms with Gasteiger partial charge in [-0.25, -0.2) is 0 Å². The molecule has 1 aromatic rings. The van der Waals surface area contributed by atoms with Crippen molar-refractivity contribution in [2.75, 3.05) is 11.5 Å². The second-order valence-corrected chi connectivity index (χ2v) is 7.21. The summed E-state index contributed by atoms with van der Waals surface area (Å²) in [7, 11) is 0. The average Bonchev–Trinajstić information content (AvgIpc) is 2.58. The maximum Gasteiger partial charge on any atom is 0.104 e. The molecule has 1 aromatic heterocycles. The van der Waals surface area contributed by atoms with Gasteiger partial charge in [-0.05, 0) is 41.5 Å². The van der Waals surface area contributed by atoms with Crippen LogP contribution in [0.1, 0.15) is 30.7 Å². The standard InChI is InChI=1S/C12H18OS2/c1-9-6-10(7-15-9)12(13)8-14-5-4-11(12,2)3/h6-7,13H,4-5,8H2,1-3H3. The van der Waals surface area contributed by atoms with Crippen molar-refractivity contribution < 1.29 is 5.11 Å². The van der Waals surface area contributed by atoms with Crippen molar-refractivity contribution in [2.45, 2.75) is 32.8 Å². The minimum absolute atomic E-state index is 0.00817. The third kappa shape index (κ3) is 1.85. The van der Waals surface area contributed by atoms with Gasteiger partial charge in [0.1, 0.15) is 5.60 Å². The second kappa shape index (κ2) is 3.79. The Hall–Kier alpha value is 0.01000. The van der Waals surface area contributed by atoms with Gasteiger partial charge in [-0.15, -0.1) is 11.3 Å². The minimum atomic E-state index is -0.638. The summed E-state index contributed by atoms with van der Waals surface area (Å²) in [6.07, 6.45) is 1.09. The van der Waals surface area contributed by atoms with Crippen molar-refractivity contribution in [1.29, 1.82) is 0 Å². The van der Waals surface area contributed by atoms with Crippen LogP contribution < -0.4 is 0 Å². The van der Waals surface area contributed by atoms with Gasteiger partial charge in [0.05, 0.1) is 0 Å². The van der Waals surface area contributed by atoms with Crippen LogP contribution in [-0.2, 0) is 5.60 Å². The fraction of sp³-hybridized carbons (Fsp3) is 0.667. The lowest BCUT2D eigenvalue weighted by Crippen LogP contribution is -2.47. The molecule has 0 aliphatic carbocycles. The largest absolute Gasteiger partial charge is 0.384 e. The van der Waals surface area contributed by atoms with Crippen molar-refractivity contribution in [2.24, 2.45) is 5.41 Å². The maximum atomic E-state index is 10.9. The van der Waals surface area contributed by atoms with E-state index >= 15 is 0 Å². The zero-order chi connectivity index (χ0) is 11.1. The van der Waals surface area contributed by atoms with Crippen LogP contribution in [0, 0.1) is 12.3 Å². The molecule has 1 aliphatic heterocycles. The lowest BCUT2D eigenvalue weighted by Gasteiger charge is -2.46. The summed E-state index contributed by atoms with van der Waals surface area (Å²) in [5.74, 6) is 1.99. The third-order valence-corrected chi connectivity index (χ3v) is 5.49. The highest BCUT2D eigenvalue weighted by atomic mass is 32.2. The smallest absolute Gasteiger partial charge is 0.104 e. The second-order valence-electron chi connectivity index (χ2n) is 4.99. The van der Waals surface area contributed by atoms with Gasteiger partial charge in [-0.3, -0.25) is 0 Å². The van der Waals surface area contributed by atoms with E-state index in [4.69, 9.17) is 0 Å². The first-order valence-electron chi connectivity index (χ1n) is 5.31. The lowest BCUT2D eigenvalue weighted by molar-refractivity contribution is -0.0575. The molecule has 0 spiro atoms. The molecule has 1 N–H and O–H groups in total. The molecule has 84 valence electrons. The summed E-state index contributed by atoms with van der Waals surface area (Å²) < 4.78 is 0. The highest BCUT2D eigenvalue weighted by Gasteiger charge is 2.47. The van der Waals surface area contributed by atoms with Crippen LogP contribution in [0.2, 0.25) is 0 Å². The summed E-state index contributed by atoms with van der Waals surface area (Å²) in [6.45, 7) is 6.46. The van der Waals surface area contributed by atoms with Gasteiger partial charge in [0, 0.05) is 10.6 Å². The van der Waals surface area contributed by atoms with Gasteiger partial charge in [-0.2, -0.15) is 11.8 Å². The molecule has 1 atom stereocenters. The molecule has 2 heterocycles. The topological polar surface area (TPSA) is 20.2 Å². The van der Waals surface area contributed by atoms with Crippen molar-refractivity contribution in [3.05, 3.63) is 21.9 Å². The van der Waals surface area contributed by atoms with Crippen LogP contribution in [0.25, 0.3) is 0 Å². The van der Waals surface area contributed by atoms with Crippen LogP contribution in [0.3, 0.4) is 0 Å². The van der Waals surface area contributed by atoms with Gasteiger partial charge >= 0.3 is 0 Å². The summed E-state index contributed by atoms with van der Waals surface area (Å²) in [5.41, 5.74) is 0.467. The fourth-order valence-electron chi connectivity index (χ4n) is 2.08. The molecule has 1 unspecified atom stereocenters. The number of rotatable bonds is 1. The molecule has 1 saturated heterocycles. The van der Waals surface area contributed by atoms with Gasteiger partial charge in [0.2, 0.25) is 0 Å². The van der Waals surface area contributed by atoms with E-state index in [0.717, 1.165) is 17.7 Å². The number of hydrogen-bond acceptors (Lipinski definition) is 3. The first-order valence-corrected chi connectivity index (χ1v) is 7.35. The third-order valence-electron chi connectivity index (χ3n) is 3.51. The molecule has 0 aromatic carbocycles. The van der Waals surface area contributed by atoms with E-state index in [1.807, 2.05) is 11.8 Å². The Morgan fingerprint density at radius 3 is 2.67 bits per heavy atom. The molecule has 0 amide bonds. The molecule has 3 heteroatoms. The molecule has 0 bridgehead atoms. The molecule has 0 radical (unpaired) electrons. The Kier molecular flexibility index (Phi) is 2.91. The quantitative estimate of drug-likeness (QED) is 0.814. The van der Waals surface area contributed by atoms with Crippen LogP contribution in [0.4, 0.5) is 0 Å². The van der Waals surface area contributed by atoms with E-state index in [9.17, 15) is 5.11 Å². The molecule has 1 fully saturated rings. The molecule has 2 rings (SSSR count). The molecule has 1 aliphatic rings. The fourth-order valence-corrected chi connectivity index (χ4v) is 4.51. The highest BCUT2D eigenvalue weighted by Crippen LogP contribution is 2.49. The number of hydrogen-bond donors (Lipinski definition) is 1. The van der Waals surface area contributed by atoms with E-state index in [0.29, 0.717) is 0 Å². The Labute approximate surface area is 99.9 Å². The normalized spacial score (nSPS) is 30.4. The molecule has 1 nitrogen and oxygen atoms in total. The molecular formula is C12H18OS2. The average molecular weight is 242 g/mol. The lowest BCUT2D eigenvalue weighted by atomic mass is 9.70. The highest BCUT2D eigenvalue weighted by molar-refractivity contribution is 7.99.